The van der Waals surface area contributed by atoms with Crippen LogP contribution in [0.15, 0.2) is 54.9 Å². The molecule has 0 radical (unpaired) electrons. The molecular formula is C26H30N6O3. The summed E-state index contributed by atoms with van der Waals surface area (Å²) < 4.78 is 1.66. The van der Waals surface area contributed by atoms with Crippen LogP contribution >= 0.6 is 0 Å². The van der Waals surface area contributed by atoms with E-state index >= 15 is 0 Å². The Morgan fingerprint density at radius 2 is 1.97 bits per heavy atom. The summed E-state index contributed by atoms with van der Waals surface area (Å²) in [6.07, 6.45) is 5.80. The zero-order valence-electron chi connectivity index (χ0n) is 19.5. The molecule has 1 fully saturated rings. The molecule has 0 saturated heterocycles. The van der Waals surface area contributed by atoms with Crippen LogP contribution in [0.3, 0.4) is 0 Å². The van der Waals surface area contributed by atoms with Crippen LogP contribution in [0.5, 0.6) is 0 Å². The zero-order chi connectivity index (χ0) is 24.4. The normalized spacial score (nSPS) is 17.4. The minimum Gasteiger partial charge on any atom is -0.381 e. The highest BCUT2D eigenvalue weighted by atomic mass is 16.3. The topological polar surface area (TPSA) is 126 Å². The maximum absolute atomic E-state index is 13.3. The first-order chi connectivity index (χ1) is 17.0. The van der Waals surface area contributed by atoms with E-state index in [2.05, 4.69) is 15.2 Å². The van der Waals surface area contributed by atoms with Crippen LogP contribution < -0.4 is 11.1 Å². The quantitative estimate of drug-likeness (QED) is 0.428. The zero-order valence-corrected chi connectivity index (χ0v) is 19.5. The molecule has 182 valence electrons. The summed E-state index contributed by atoms with van der Waals surface area (Å²) >= 11 is 0. The molecule has 1 aliphatic heterocycles. The number of hydrogen-bond donors (Lipinski definition) is 3. The van der Waals surface area contributed by atoms with Crippen LogP contribution in [0.25, 0.3) is 5.82 Å². The smallest absolute Gasteiger partial charge is 0.255 e. The van der Waals surface area contributed by atoms with Gasteiger partial charge in [-0.3, -0.25) is 14.5 Å². The van der Waals surface area contributed by atoms with Gasteiger partial charge in [-0.15, -0.1) is 0 Å². The molecule has 4 N–H and O–H groups in total. The molecule has 0 spiro atoms. The number of carbonyl (C=O) groups excluding carboxylic acids is 2. The van der Waals surface area contributed by atoms with Gasteiger partial charge in [-0.2, -0.15) is 5.10 Å². The molecule has 35 heavy (non-hydrogen) atoms. The minimum absolute atomic E-state index is 0.249. The Bertz CT molecular complexity index is 1210. The second-order valence-corrected chi connectivity index (χ2v) is 9.47. The van der Waals surface area contributed by atoms with E-state index in [-0.39, 0.29) is 6.42 Å². The van der Waals surface area contributed by atoms with Gasteiger partial charge in [0.2, 0.25) is 5.91 Å². The number of nitrogens with two attached hydrogens (primary N) is 1. The lowest BCUT2D eigenvalue weighted by molar-refractivity contribution is -0.127. The highest BCUT2D eigenvalue weighted by Gasteiger charge is 2.29. The van der Waals surface area contributed by atoms with Crippen LogP contribution in [0.2, 0.25) is 0 Å². The van der Waals surface area contributed by atoms with Crippen LogP contribution in [-0.4, -0.2) is 61.8 Å². The number of primary amides is 1. The molecule has 9 nitrogen and oxygen atoms in total. The molecule has 2 atom stereocenters. The fourth-order valence-corrected chi connectivity index (χ4v) is 4.61. The van der Waals surface area contributed by atoms with E-state index in [1.807, 2.05) is 36.5 Å². The van der Waals surface area contributed by atoms with Crippen molar-refractivity contribution >= 4 is 11.8 Å². The van der Waals surface area contributed by atoms with E-state index < -0.39 is 24.0 Å². The number of hydrogen-bond acceptors (Lipinski definition) is 6. The van der Waals surface area contributed by atoms with E-state index in [1.165, 1.54) is 12.8 Å². The van der Waals surface area contributed by atoms with E-state index in [1.54, 1.807) is 23.0 Å². The Morgan fingerprint density at radius 3 is 2.71 bits per heavy atom. The summed E-state index contributed by atoms with van der Waals surface area (Å²) in [5.74, 6) is -0.122. The van der Waals surface area contributed by atoms with Gasteiger partial charge >= 0.3 is 0 Å². The summed E-state index contributed by atoms with van der Waals surface area (Å²) in [5.41, 5.74) is 8.70. The molecule has 2 aromatic heterocycles. The molecule has 9 heteroatoms. The number of aliphatic hydroxyl groups is 1. The second-order valence-electron chi connectivity index (χ2n) is 9.47. The van der Waals surface area contributed by atoms with Crippen molar-refractivity contribution in [2.45, 2.75) is 44.4 Å². The van der Waals surface area contributed by atoms with Crippen molar-refractivity contribution in [3.8, 4) is 5.82 Å². The first-order valence-electron chi connectivity index (χ1n) is 12.1. The second kappa shape index (κ2) is 9.97. The lowest BCUT2D eigenvalue weighted by atomic mass is 10.0. The van der Waals surface area contributed by atoms with Crippen LogP contribution in [0.4, 0.5) is 0 Å². The third-order valence-electron chi connectivity index (χ3n) is 6.69. The Labute approximate surface area is 204 Å². The number of fused-ring (bicyclic) bond motifs is 1. The third-order valence-corrected chi connectivity index (χ3v) is 6.69. The van der Waals surface area contributed by atoms with Crippen molar-refractivity contribution in [2.75, 3.05) is 13.1 Å². The molecule has 3 aromatic rings. The summed E-state index contributed by atoms with van der Waals surface area (Å²) in [4.78, 5) is 32.0. The average Bonchev–Trinajstić information content (AvgIpc) is 3.58. The SMILES string of the molecule is NC(=O)C(O)C(Cc1ccccc1)NC(=O)c1cccnc1-n1cc2c(n1)CCN(CC1CC1)C2. The van der Waals surface area contributed by atoms with Gasteiger partial charge in [0.25, 0.3) is 5.91 Å². The Morgan fingerprint density at radius 1 is 1.17 bits per heavy atom. The van der Waals surface area contributed by atoms with Crippen molar-refractivity contribution in [2.24, 2.45) is 11.7 Å². The maximum atomic E-state index is 13.3. The number of aliphatic hydroxyl groups excluding tert-OH is 1. The predicted octanol–water partition coefficient (Wildman–Crippen LogP) is 1.22. The summed E-state index contributed by atoms with van der Waals surface area (Å²) in [6.45, 7) is 2.97. The molecule has 3 heterocycles. The van der Waals surface area contributed by atoms with Crippen molar-refractivity contribution in [3.63, 3.8) is 0 Å². The number of aromatic nitrogens is 3. The van der Waals surface area contributed by atoms with E-state index in [9.17, 15) is 14.7 Å². The Balaban J connectivity index is 1.36. The van der Waals surface area contributed by atoms with Gasteiger partial charge in [0.15, 0.2) is 11.9 Å². The number of benzene rings is 1. The van der Waals surface area contributed by atoms with E-state index in [0.29, 0.717) is 11.4 Å². The number of nitrogens with zero attached hydrogens (tertiary/aromatic N) is 4. The van der Waals surface area contributed by atoms with Crippen LogP contribution in [0, 0.1) is 5.92 Å². The number of amides is 2. The summed E-state index contributed by atoms with van der Waals surface area (Å²) in [7, 11) is 0. The molecule has 2 unspecified atom stereocenters. The maximum Gasteiger partial charge on any atom is 0.255 e. The number of nitrogens with one attached hydrogen (secondary N) is 1. The lowest BCUT2D eigenvalue weighted by Gasteiger charge is -2.25. The van der Waals surface area contributed by atoms with Crippen molar-refractivity contribution in [3.05, 3.63) is 77.2 Å². The van der Waals surface area contributed by atoms with Gasteiger partial charge in [0.1, 0.15) is 0 Å². The first-order valence-corrected chi connectivity index (χ1v) is 12.1. The highest BCUT2D eigenvalue weighted by Crippen LogP contribution is 2.31. The van der Waals surface area contributed by atoms with E-state index in [4.69, 9.17) is 10.8 Å². The Kier molecular flexibility index (Phi) is 6.61. The van der Waals surface area contributed by atoms with Gasteiger partial charge in [0, 0.05) is 44.0 Å². The molecule has 2 amide bonds. The Hall–Kier alpha value is -3.56. The summed E-state index contributed by atoms with van der Waals surface area (Å²) in [6, 6.07) is 11.8. The molecular weight excluding hydrogens is 444 g/mol. The molecule has 1 aliphatic carbocycles. The highest BCUT2D eigenvalue weighted by molar-refractivity contribution is 5.97. The van der Waals surface area contributed by atoms with Crippen molar-refractivity contribution < 1.29 is 14.7 Å². The van der Waals surface area contributed by atoms with Gasteiger partial charge in [-0.25, -0.2) is 9.67 Å². The molecule has 2 aliphatic rings. The van der Waals surface area contributed by atoms with E-state index in [0.717, 1.165) is 48.8 Å². The number of pyridine rings is 1. The molecule has 1 aromatic carbocycles. The van der Waals surface area contributed by atoms with Gasteiger partial charge in [-0.1, -0.05) is 30.3 Å². The monoisotopic (exact) mass is 474 g/mol. The summed E-state index contributed by atoms with van der Waals surface area (Å²) in [5, 5.41) is 17.9. The minimum atomic E-state index is -1.53. The third kappa shape index (κ3) is 5.41. The molecule has 1 saturated carbocycles. The standard InChI is InChI=1S/C26H30N6O3/c27-24(34)23(33)22(13-17-5-2-1-3-6-17)29-26(35)20-7-4-11-28-25(20)32-16-19-15-31(14-18-8-9-18)12-10-21(19)30-32/h1-7,11,16,18,22-23,33H,8-10,12-15H2,(H2,27,34)(H,29,35). The lowest BCUT2D eigenvalue weighted by Crippen LogP contribution is -2.50. The predicted molar refractivity (Wildman–Crippen MR) is 130 cm³/mol. The first kappa shape index (κ1) is 23.2. The van der Waals surface area contributed by atoms with Gasteiger partial charge in [-0.05, 0) is 42.9 Å². The largest absolute Gasteiger partial charge is 0.381 e. The van der Waals surface area contributed by atoms with Crippen LogP contribution in [-0.2, 0) is 24.2 Å². The molecule has 5 rings (SSSR count). The fraction of sp³-hybridized carbons (Fsp3) is 0.385. The molecule has 0 bridgehead atoms. The van der Waals surface area contributed by atoms with Gasteiger partial charge in [0.05, 0.1) is 17.3 Å². The number of carbonyl (C=O) groups is 2. The van der Waals surface area contributed by atoms with Gasteiger partial charge < -0.3 is 16.2 Å². The van der Waals surface area contributed by atoms with Crippen LogP contribution in [0.1, 0.15) is 40.0 Å². The average molecular weight is 475 g/mol. The van der Waals surface area contributed by atoms with Crippen molar-refractivity contribution in [1.82, 2.24) is 25.0 Å². The van der Waals surface area contributed by atoms with Crippen molar-refractivity contribution in [1.29, 1.82) is 0 Å². The fourth-order valence-electron chi connectivity index (χ4n) is 4.61. The number of rotatable bonds is 9.